The van der Waals surface area contributed by atoms with Gasteiger partial charge >= 0.3 is 11.9 Å². The van der Waals surface area contributed by atoms with Gasteiger partial charge < -0.3 is 15.7 Å². The molecule has 0 aliphatic heterocycles. The maximum absolute atomic E-state index is 11.0. The van der Waals surface area contributed by atoms with Gasteiger partial charge in [0, 0.05) is 6.54 Å². The number of hydrogen-bond donors (Lipinski definition) is 3. The molecule has 0 aromatic carbocycles. The van der Waals surface area contributed by atoms with Crippen molar-refractivity contribution in [1.82, 2.24) is 10.6 Å². The Bertz CT molecular complexity index is 227. The smallest absolute Gasteiger partial charge is 0.394 e. The number of aliphatic carboxylic acids is 1. The summed E-state index contributed by atoms with van der Waals surface area (Å²) in [4.78, 5) is 31.6. The number of hydrogen-bond acceptors (Lipinski definition) is 3. The van der Waals surface area contributed by atoms with Crippen molar-refractivity contribution in [3.8, 4) is 0 Å². The Kier molecular flexibility index (Phi) is 4.50. The Hall–Kier alpha value is -1.59. The van der Waals surface area contributed by atoms with E-state index in [1.807, 2.05) is 5.32 Å². The summed E-state index contributed by atoms with van der Waals surface area (Å²) in [5.41, 5.74) is 0. The molecule has 13 heavy (non-hydrogen) atoms. The lowest BCUT2D eigenvalue weighted by Crippen LogP contribution is -2.46. The van der Waals surface area contributed by atoms with Crippen LogP contribution in [-0.4, -0.2) is 35.5 Å². The molecular weight excluding hydrogens is 176 g/mol. The van der Waals surface area contributed by atoms with Gasteiger partial charge in [-0.05, 0) is 13.8 Å². The van der Waals surface area contributed by atoms with Crippen LogP contribution in [-0.2, 0) is 14.4 Å². The van der Waals surface area contributed by atoms with Crippen LogP contribution in [0.3, 0.4) is 0 Å². The third-order valence-corrected chi connectivity index (χ3v) is 1.29. The van der Waals surface area contributed by atoms with E-state index in [4.69, 9.17) is 5.11 Å². The largest absolute Gasteiger partial charge is 0.474 e. The molecule has 0 saturated carbocycles. The number of carbonyl (C=O) groups is 3. The van der Waals surface area contributed by atoms with Gasteiger partial charge in [-0.15, -0.1) is 0 Å². The number of carboxylic acids is 1. The first kappa shape index (κ1) is 11.4. The molecule has 0 aromatic rings. The molecule has 0 aliphatic rings. The fourth-order valence-electron chi connectivity index (χ4n) is 0.651. The lowest BCUT2D eigenvalue weighted by atomic mass is 10.3. The Morgan fingerprint density at radius 3 is 2.31 bits per heavy atom. The minimum Gasteiger partial charge on any atom is -0.474 e. The van der Waals surface area contributed by atoms with E-state index in [0.29, 0.717) is 6.54 Å². The summed E-state index contributed by atoms with van der Waals surface area (Å²) in [6, 6.07) is -0.830. The molecule has 0 heterocycles. The highest BCUT2D eigenvalue weighted by atomic mass is 16.4. The summed E-state index contributed by atoms with van der Waals surface area (Å²) < 4.78 is 0. The van der Waals surface area contributed by atoms with Crippen LogP contribution >= 0.6 is 0 Å². The molecule has 0 rings (SSSR count). The number of nitrogens with one attached hydrogen (secondary N) is 2. The molecule has 3 N–H and O–H groups in total. The number of rotatable bonds is 3. The van der Waals surface area contributed by atoms with Crippen molar-refractivity contribution in [2.24, 2.45) is 0 Å². The third kappa shape index (κ3) is 4.09. The van der Waals surface area contributed by atoms with Crippen molar-refractivity contribution in [2.45, 2.75) is 19.9 Å². The third-order valence-electron chi connectivity index (χ3n) is 1.29. The van der Waals surface area contributed by atoms with Crippen LogP contribution in [0.25, 0.3) is 0 Å². The zero-order chi connectivity index (χ0) is 10.4. The highest BCUT2D eigenvalue weighted by molar-refractivity contribution is 6.31. The zero-order valence-electron chi connectivity index (χ0n) is 7.46. The highest BCUT2D eigenvalue weighted by Crippen LogP contribution is 1.81. The van der Waals surface area contributed by atoms with E-state index in [9.17, 15) is 14.4 Å². The van der Waals surface area contributed by atoms with Crippen molar-refractivity contribution >= 4 is 17.8 Å². The van der Waals surface area contributed by atoms with Crippen LogP contribution in [0.1, 0.15) is 13.8 Å². The lowest BCUT2D eigenvalue weighted by Gasteiger charge is -2.10. The molecule has 0 fully saturated rings. The molecule has 74 valence electrons. The van der Waals surface area contributed by atoms with Crippen LogP contribution in [0.4, 0.5) is 0 Å². The average molecular weight is 188 g/mol. The van der Waals surface area contributed by atoms with Gasteiger partial charge in [-0.25, -0.2) is 4.79 Å². The first-order valence-electron chi connectivity index (χ1n) is 3.80. The number of amides is 2. The van der Waals surface area contributed by atoms with Gasteiger partial charge in [0.15, 0.2) is 0 Å². The molecule has 0 saturated heterocycles. The summed E-state index contributed by atoms with van der Waals surface area (Å²) in [6.07, 6.45) is 0. The van der Waals surface area contributed by atoms with E-state index in [-0.39, 0.29) is 0 Å². The maximum Gasteiger partial charge on any atom is 0.394 e. The van der Waals surface area contributed by atoms with Gasteiger partial charge in [-0.1, -0.05) is 0 Å². The summed E-state index contributed by atoms with van der Waals surface area (Å²) >= 11 is 0. The van der Waals surface area contributed by atoms with Crippen molar-refractivity contribution in [3.05, 3.63) is 0 Å². The van der Waals surface area contributed by atoms with E-state index in [1.54, 1.807) is 6.92 Å². The van der Waals surface area contributed by atoms with Crippen molar-refractivity contribution in [1.29, 1.82) is 0 Å². The second kappa shape index (κ2) is 5.13. The van der Waals surface area contributed by atoms with Crippen LogP contribution in [0.5, 0.6) is 0 Å². The quantitative estimate of drug-likeness (QED) is 0.480. The van der Waals surface area contributed by atoms with Gasteiger partial charge in [-0.2, -0.15) is 0 Å². The standard InChI is InChI=1S/C7H12N2O4/c1-3-8-5(10)4(2)9-6(11)7(12)13/h4H,3H2,1-2H3,(H,8,10)(H,9,11)(H,12,13). The van der Waals surface area contributed by atoms with Gasteiger partial charge in [-0.3, -0.25) is 9.59 Å². The van der Waals surface area contributed by atoms with E-state index in [0.717, 1.165) is 0 Å². The Balaban J connectivity index is 3.99. The first-order chi connectivity index (χ1) is 5.99. The van der Waals surface area contributed by atoms with Gasteiger partial charge in [0.25, 0.3) is 0 Å². The number of carboxylic acid groups (broad SMARTS) is 1. The molecular formula is C7H12N2O4. The summed E-state index contributed by atoms with van der Waals surface area (Å²) in [6.45, 7) is 3.57. The fourth-order valence-corrected chi connectivity index (χ4v) is 0.651. The lowest BCUT2D eigenvalue weighted by molar-refractivity contribution is -0.150. The molecule has 0 bridgehead atoms. The second-order valence-electron chi connectivity index (χ2n) is 2.39. The number of carbonyl (C=O) groups excluding carboxylic acids is 2. The molecule has 0 radical (unpaired) electrons. The predicted molar refractivity (Wildman–Crippen MR) is 43.9 cm³/mol. The Morgan fingerprint density at radius 2 is 1.92 bits per heavy atom. The molecule has 0 aliphatic carbocycles. The van der Waals surface area contributed by atoms with Gasteiger partial charge in [0.1, 0.15) is 6.04 Å². The Morgan fingerprint density at radius 1 is 1.38 bits per heavy atom. The van der Waals surface area contributed by atoms with Crippen LogP contribution in [0, 0.1) is 0 Å². The van der Waals surface area contributed by atoms with Crippen LogP contribution < -0.4 is 10.6 Å². The SMILES string of the molecule is CCNC(=O)C(C)NC(=O)C(=O)O. The molecule has 1 unspecified atom stereocenters. The first-order valence-corrected chi connectivity index (χ1v) is 3.80. The van der Waals surface area contributed by atoms with Crippen LogP contribution in [0.15, 0.2) is 0 Å². The molecule has 0 spiro atoms. The van der Waals surface area contributed by atoms with Crippen molar-refractivity contribution in [2.75, 3.05) is 6.54 Å². The van der Waals surface area contributed by atoms with Crippen molar-refractivity contribution in [3.63, 3.8) is 0 Å². The fraction of sp³-hybridized carbons (Fsp3) is 0.571. The topological polar surface area (TPSA) is 95.5 Å². The summed E-state index contributed by atoms with van der Waals surface area (Å²) in [5.74, 6) is -3.19. The second-order valence-corrected chi connectivity index (χ2v) is 2.39. The molecule has 1 atom stereocenters. The summed E-state index contributed by atoms with van der Waals surface area (Å²) in [7, 11) is 0. The van der Waals surface area contributed by atoms with E-state index in [2.05, 4.69) is 5.32 Å². The molecule has 6 heteroatoms. The minimum atomic E-state index is -1.60. The van der Waals surface area contributed by atoms with E-state index in [1.165, 1.54) is 6.92 Å². The highest BCUT2D eigenvalue weighted by Gasteiger charge is 2.18. The molecule has 2 amide bonds. The minimum absolute atomic E-state index is 0.405. The summed E-state index contributed by atoms with van der Waals surface area (Å²) in [5, 5.41) is 12.7. The normalized spacial score (nSPS) is 11.5. The zero-order valence-corrected chi connectivity index (χ0v) is 7.46. The molecule has 0 aromatic heterocycles. The number of likely N-dealkylation sites (N-methyl/N-ethyl adjacent to an activating group) is 1. The van der Waals surface area contributed by atoms with E-state index < -0.39 is 23.8 Å². The monoisotopic (exact) mass is 188 g/mol. The average Bonchev–Trinajstić information content (AvgIpc) is 2.04. The van der Waals surface area contributed by atoms with Gasteiger partial charge in [0.2, 0.25) is 5.91 Å². The predicted octanol–water partition coefficient (Wildman–Crippen LogP) is -1.29. The van der Waals surface area contributed by atoms with Gasteiger partial charge in [0.05, 0.1) is 0 Å². The Labute approximate surface area is 75.3 Å². The molecule has 6 nitrogen and oxygen atoms in total. The maximum atomic E-state index is 11.0. The van der Waals surface area contributed by atoms with Crippen LogP contribution in [0.2, 0.25) is 0 Å². The van der Waals surface area contributed by atoms with Crippen molar-refractivity contribution < 1.29 is 19.5 Å². The van der Waals surface area contributed by atoms with E-state index >= 15 is 0 Å².